The fourth-order valence-corrected chi connectivity index (χ4v) is 3.49. The third-order valence-corrected chi connectivity index (χ3v) is 5.26. The van der Waals surface area contributed by atoms with Crippen LogP contribution >= 0.6 is 11.6 Å². The number of nitrogens with zero attached hydrogens (tertiary/aromatic N) is 3. The molecule has 0 bridgehead atoms. The summed E-state index contributed by atoms with van der Waals surface area (Å²) < 4.78 is 0. The highest BCUT2D eigenvalue weighted by atomic mass is 35.5. The molecular formula is C18H20ClN5O. The highest BCUT2D eigenvalue weighted by Gasteiger charge is 2.27. The van der Waals surface area contributed by atoms with Gasteiger partial charge in [0.2, 0.25) is 0 Å². The number of carbonyl (C=O) groups is 1. The van der Waals surface area contributed by atoms with Crippen molar-refractivity contribution in [3.05, 3.63) is 46.5 Å². The maximum Gasteiger partial charge on any atom is 0.274 e. The Morgan fingerprint density at radius 3 is 2.92 bits per heavy atom. The molecule has 1 aliphatic rings. The topological polar surface area (TPSA) is 77.7 Å². The lowest BCUT2D eigenvalue weighted by Gasteiger charge is -2.32. The smallest absolute Gasteiger partial charge is 0.274 e. The number of imidazole rings is 1. The molecule has 0 radical (unpaired) electrons. The summed E-state index contributed by atoms with van der Waals surface area (Å²) in [6.07, 6.45) is 5.23. The van der Waals surface area contributed by atoms with Crippen LogP contribution in [0.1, 0.15) is 41.0 Å². The molecular weight excluding hydrogens is 338 g/mol. The Kier molecular flexibility index (Phi) is 4.21. The average molecular weight is 358 g/mol. The largest absolute Gasteiger partial charge is 0.345 e. The first-order valence-electron chi connectivity index (χ1n) is 8.53. The Hall–Kier alpha value is -2.34. The summed E-state index contributed by atoms with van der Waals surface area (Å²) in [5, 5.41) is 7.61. The minimum Gasteiger partial charge on any atom is -0.345 e. The minimum atomic E-state index is -0.0696. The van der Waals surface area contributed by atoms with Gasteiger partial charge in [0, 0.05) is 29.4 Å². The number of rotatable bonds is 5. The summed E-state index contributed by atoms with van der Waals surface area (Å²) in [6.45, 7) is 3.05. The summed E-state index contributed by atoms with van der Waals surface area (Å²) in [4.78, 5) is 22.3. The van der Waals surface area contributed by atoms with E-state index in [1.165, 1.54) is 19.3 Å². The van der Waals surface area contributed by atoms with Gasteiger partial charge in [-0.2, -0.15) is 5.10 Å². The molecule has 1 fully saturated rings. The minimum absolute atomic E-state index is 0.0696. The number of amides is 1. The molecule has 2 heterocycles. The van der Waals surface area contributed by atoms with Crippen molar-refractivity contribution < 1.29 is 4.79 Å². The van der Waals surface area contributed by atoms with Crippen molar-refractivity contribution >= 4 is 28.5 Å². The van der Waals surface area contributed by atoms with Gasteiger partial charge in [-0.25, -0.2) is 4.98 Å². The molecule has 7 heteroatoms. The lowest BCUT2D eigenvalue weighted by Crippen LogP contribution is -2.37. The Morgan fingerprint density at radius 2 is 2.24 bits per heavy atom. The second kappa shape index (κ2) is 6.52. The number of benzene rings is 1. The van der Waals surface area contributed by atoms with Crippen LogP contribution in [-0.2, 0) is 6.54 Å². The fraction of sp³-hybridized carbons (Fsp3) is 0.389. The van der Waals surface area contributed by atoms with Crippen LogP contribution in [0.5, 0.6) is 0 Å². The second-order valence-corrected chi connectivity index (χ2v) is 7.15. The highest BCUT2D eigenvalue weighted by molar-refractivity contribution is 6.32. The van der Waals surface area contributed by atoms with E-state index in [4.69, 9.17) is 11.6 Å². The molecule has 1 saturated carbocycles. The number of carbonyl (C=O) groups excluding carboxylic acids is 1. The van der Waals surface area contributed by atoms with Gasteiger partial charge < -0.3 is 9.88 Å². The molecule has 0 unspecified atom stereocenters. The van der Waals surface area contributed by atoms with Crippen molar-refractivity contribution in [2.75, 3.05) is 6.54 Å². The first kappa shape index (κ1) is 16.1. The number of halogens is 1. The summed E-state index contributed by atoms with van der Waals surface area (Å²) in [5.74, 6) is 0.487. The van der Waals surface area contributed by atoms with E-state index in [1.54, 1.807) is 12.4 Å². The van der Waals surface area contributed by atoms with Crippen molar-refractivity contribution in [1.82, 2.24) is 25.1 Å². The number of hydrogen-bond acceptors (Lipinski definition) is 3. The number of aromatic amines is 2. The van der Waals surface area contributed by atoms with Gasteiger partial charge in [0.05, 0.1) is 17.4 Å². The van der Waals surface area contributed by atoms with Crippen LogP contribution in [-0.4, -0.2) is 37.5 Å². The van der Waals surface area contributed by atoms with Gasteiger partial charge in [0.1, 0.15) is 5.69 Å². The number of aryl methyl sites for hydroxylation is 1. The molecule has 130 valence electrons. The first-order chi connectivity index (χ1) is 12.1. The predicted octanol–water partition coefficient (Wildman–Crippen LogP) is 3.69. The average Bonchev–Trinajstić information content (AvgIpc) is 3.19. The zero-order valence-corrected chi connectivity index (χ0v) is 14.8. The van der Waals surface area contributed by atoms with Gasteiger partial charge in [0.25, 0.3) is 5.91 Å². The molecule has 3 aromatic rings. The Bertz CT molecular complexity index is 911. The van der Waals surface area contributed by atoms with E-state index in [9.17, 15) is 4.79 Å². The van der Waals surface area contributed by atoms with Crippen molar-refractivity contribution in [2.24, 2.45) is 5.92 Å². The summed E-state index contributed by atoms with van der Waals surface area (Å²) >= 11 is 6.43. The molecule has 0 saturated heterocycles. The van der Waals surface area contributed by atoms with E-state index in [0.29, 0.717) is 23.2 Å². The van der Waals surface area contributed by atoms with E-state index in [1.807, 2.05) is 24.0 Å². The van der Waals surface area contributed by atoms with E-state index < -0.39 is 0 Å². The van der Waals surface area contributed by atoms with Crippen molar-refractivity contribution in [1.29, 1.82) is 0 Å². The number of fused-ring (bicyclic) bond motifs is 1. The predicted molar refractivity (Wildman–Crippen MR) is 96.5 cm³/mol. The molecule has 1 amide bonds. The molecule has 2 aromatic heterocycles. The van der Waals surface area contributed by atoms with Gasteiger partial charge >= 0.3 is 0 Å². The van der Waals surface area contributed by atoms with Gasteiger partial charge in [-0.15, -0.1) is 0 Å². The van der Waals surface area contributed by atoms with Gasteiger partial charge in [-0.3, -0.25) is 9.89 Å². The third kappa shape index (κ3) is 3.14. The van der Waals surface area contributed by atoms with Crippen molar-refractivity contribution in [3.63, 3.8) is 0 Å². The number of H-pyrrole nitrogens is 2. The first-order valence-corrected chi connectivity index (χ1v) is 8.91. The molecule has 0 atom stereocenters. The SMILES string of the molecule is Cc1cc(C(=O)N(Cc2c(Cl)ccc3[nH]cnc23)CC2CCC2)n[nH]1. The van der Waals surface area contributed by atoms with Crippen LogP contribution in [0.15, 0.2) is 24.5 Å². The van der Waals surface area contributed by atoms with E-state index in [2.05, 4.69) is 20.2 Å². The molecule has 6 nitrogen and oxygen atoms in total. The monoisotopic (exact) mass is 357 g/mol. The molecule has 1 aromatic carbocycles. The van der Waals surface area contributed by atoms with Gasteiger partial charge in [-0.05, 0) is 43.9 Å². The Morgan fingerprint density at radius 1 is 1.40 bits per heavy atom. The standard InChI is InChI=1S/C18H20ClN5O/c1-11-7-16(23-22-11)18(25)24(8-12-3-2-4-12)9-13-14(19)5-6-15-17(13)21-10-20-15/h5-7,10,12H,2-4,8-9H2,1H3,(H,20,21)(H,22,23). The lowest BCUT2D eigenvalue weighted by molar-refractivity contribution is 0.0674. The summed E-state index contributed by atoms with van der Waals surface area (Å²) in [7, 11) is 0. The molecule has 0 aliphatic heterocycles. The van der Waals surface area contributed by atoms with Crippen LogP contribution < -0.4 is 0 Å². The fourth-order valence-electron chi connectivity index (χ4n) is 3.28. The van der Waals surface area contributed by atoms with Gasteiger partial charge in [0.15, 0.2) is 0 Å². The number of hydrogen-bond donors (Lipinski definition) is 2. The maximum absolute atomic E-state index is 13.0. The van der Waals surface area contributed by atoms with Crippen LogP contribution in [0.3, 0.4) is 0 Å². The Labute approximate surface area is 150 Å². The summed E-state index contributed by atoms with van der Waals surface area (Å²) in [6, 6.07) is 5.54. The highest BCUT2D eigenvalue weighted by Crippen LogP contribution is 2.30. The molecule has 2 N–H and O–H groups in total. The number of aromatic nitrogens is 4. The molecule has 25 heavy (non-hydrogen) atoms. The second-order valence-electron chi connectivity index (χ2n) is 6.74. The molecule has 1 aliphatic carbocycles. The summed E-state index contributed by atoms with van der Waals surface area (Å²) in [5.41, 5.74) is 3.94. The quantitative estimate of drug-likeness (QED) is 0.731. The van der Waals surface area contributed by atoms with E-state index >= 15 is 0 Å². The number of nitrogens with one attached hydrogen (secondary N) is 2. The Balaban J connectivity index is 1.66. The normalized spacial score (nSPS) is 14.6. The van der Waals surface area contributed by atoms with Crippen LogP contribution in [0.2, 0.25) is 5.02 Å². The van der Waals surface area contributed by atoms with Crippen LogP contribution in [0.25, 0.3) is 11.0 Å². The van der Waals surface area contributed by atoms with Gasteiger partial charge in [-0.1, -0.05) is 18.0 Å². The zero-order chi connectivity index (χ0) is 17.4. The van der Waals surface area contributed by atoms with Crippen LogP contribution in [0, 0.1) is 12.8 Å². The third-order valence-electron chi connectivity index (χ3n) is 4.90. The van der Waals surface area contributed by atoms with Crippen molar-refractivity contribution in [2.45, 2.75) is 32.7 Å². The lowest BCUT2D eigenvalue weighted by atomic mass is 9.85. The maximum atomic E-state index is 13.0. The van der Waals surface area contributed by atoms with Crippen molar-refractivity contribution in [3.8, 4) is 0 Å². The zero-order valence-electron chi connectivity index (χ0n) is 14.1. The van der Waals surface area contributed by atoms with Crippen LogP contribution in [0.4, 0.5) is 0 Å². The molecule has 0 spiro atoms. The molecule has 4 rings (SSSR count). The van der Waals surface area contributed by atoms with E-state index in [0.717, 1.165) is 28.8 Å². The van der Waals surface area contributed by atoms with E-state index in [-0.39, 0.29) is 5.91 Å².